The Morgan fingerprint density at radius 3 is 1.12 bits per heavy atom. The second-order valence-electron chi connectivity index (χ2n) is 16.0. The molecular formula is C47H91NO4. The van der Waals surface area contributed by atoms with E-state index in [1.54, 1.807) is 6.08 Å². The minimum absolute atomic E-state index is 0.362. The standard InChI is InChI=1S/C47H91NO4/c1-3-5-7-9-11-13-15-16-17-18-19-20-21-22-23-24-25-26-27-28-29-30-31-32-34-36-38-40-42-46(51)47(52)48-44(43-49)45(50)41-39-37-35-33-14-12-10-8-6-4-2/h22-23,39,41,44-46,49-51H,3-21,24-38,40,42-43H2,1-2H3,(H,48,52)/b23-22-,41-39+. The Morgan fingerprint density at radius 1 is 0.462 bits per heavy atom. The highest BCUT2D eigenvalue weighted by atomic mass is 16.3. The molecule has 0 aromatic rings. The van der Waals surface area contributed by atoms with Crippen LogP contribution in [0.3, 0.4) is 0 Å². The highest BCUT2D eigenvalue weighted by Crippen LogP contribution is 2.16. The molecule has 0 aromatic heterocycles. The van der Waals surface area contributed by atoms with Crippen molar-refractivity contribution in [3.63, 3.8) is 0 Å². The normalized spacial score (nSPS) is 13.7. The lowest BCUT2D eigenvalue weighted by atomic mass is 10.0. The molecule has 5 nitrogen and oxygen atoms in total. The molecule has 0 rings (SSSR count). The molecule has 0 aliphatic rings. The van der Waals surface area contributed by atoms with Gasteiger partial charge in [0.2, 0.25) is 5.91 Å². The Kier molecular flexibility index (Phi) is 41.6. The van der Waals surface area contributed by atoms with Crippen LogP contribution in [0.2, 0.25) is 0 Å². The predicted molar refractivity (Wildman–Crippen MR) is 227 cm³/mol. The first-order chi connectivity index (χ1) is 25.6. The van der Waals surface area contributed by atoms with E-state index < -0.39 is 24.2 Å². The van der Waals surface area contributed by atoms with Gasteiger partial charge >= 0.3 is 0 Å². The number of carbonyl (C=O) groups excluding carboxylic acids is 1. The largest absolute Gasteiger partial charge is 0.394 e. The van der Waals surface area contributed by atoms with Crippen LogP contribution in [0.4, 0.5) is 0 Å². The lowest BCUT2D eigenvalue weighted by molar-refractivity contribution is -0.131. The van der Waals surface area contributed by atoms with Gasteiger partial charge in [-0.3, -0.25) is 4.79 Å². The molecular weight excluding hydrogens is 643 g/mol. The number of rotatable bonds is 42. The fourth-order valence-electron chi connectivity index (χ4n) is 7.12. The van der Waals surface area contributed by atoms with Crippen LogP contribution in [0.1, 0.15) is 245 Å². The lowest BCUT2D eigenvalue weighted by Crippen LogP contribution is -2.48. The molecule has 3 atom stereocenters. The van der Waals surface area contributed by atoms with Crippen molar-refractivity contribution in [2.24, 2.45) is 0 Å². The number of hydrogen-bond acceptors (Lipinski definition) is 4. The second kappa shape index (κ2) is 42.6. The summed E-state index contributed by atoms with van der Waals surface area (Å²) in [6, 6.07) is -0.794. The molecule has 0 saturated carbocycles. The van der Waals surface area contributed by atoms with Crippen molar-refractivity contribution in [3.05, 3.63) is 24.3 Å². The third-order valence-corrected chi connectivity index (χ3v) is 10.8. The van der Waals surface area contributed by atoms with Gasteiger partial charge in [0, 0.05) is 0 Å². The molecule has 52 heavy (non-hydrogen) atoms. The van der Waals surface area contributed by atoms with E-state index in [-0.39, 0.29) is 6.61 Å². The van der Waals surface area contributed by atoms with E-state index in [2.05, 4.69) is 31.3 Å². The van der Waals surface area contributed by atoms with Gasteiger partial charge in [0.25, 0.3) is 0 Å². The molecule has 0 aliphatic carbocycles. The van der Waals surface area contributed by atoms with Gasteiger partial charge in [-0.05, 0) is 44.9 Å². The average molecular weight is 734 g/mol. The summed E-state index contributed by atoms with van der Waals surface area (Å²) in [5.74, 6) is -0.504. The van der Waals surface area contributed by atoms with E-state index >= 15 is 0 Å². The summed E-state index contributed by atoms with van der Waals surface area (Å²) in [5, 5.41) is 33.0. The first-order valence-electron chi connectivity index (χ1n) is 23.2. The van der Waals surface area contributed by atoms with E-state index in [1.165, 1.54) is 193 Å². The maximum absolute atomic E-state index is 12.4. The molecule has 0 spiro atoms. The Balaban J connectivity index is 3.53. The van der Waals surface area contributed by atoms with Crippen molar-refractivity contribution in [2.45, 2.75) is 263 Å². The number of nitrogens with one attached hydrogen (secondary N) is 1. The molecule has 0 fully saturated rings. The average Bonchev–Trinajstić information content (AvgIpc) is 3.15. The monoisotopic (exact) mass is 734 g/mol. The van der Waals surface area contributed by atoms with Crippen LogP contribution in [-0.4, -0.2) is 46.1 Å². The molecule has 0 saturated heterocycles. The van der Waals surface area contributed by atoms with E-state index in [9.17, 15) is 20.1 Å². The predicted octanol–water partition coefficient (Wildman–Crippen LogP) is 13.4. The molecule has 308 valence electrons. The van der Waals surface area contributed by atoms with Gasteiger partial charge in [0.1, 0.15) is 6.10 Å². The van der Waals surface area contributed by atoms with Crippen molar-refractivity contribution >= 4 is 5.91 Å². The number of allylic oxidation sites excluding steroid dienone is 3. The van der Waals surface area contributed by atoms with Crippen LogP contribution >= 0.6 is 0 Å². The van der Waals surface area contributed by atoms with Crippen molar-refractivity contribution in [2.75, 3.05) is 6.61 Å². The number of carbonyl (C=O) groups is 1. The third-order valence-electron chi connectivity index (χ3n) is 10.8. The van der Waals surface area contributed by atoms with Gasteiger partial charge in [0.05, 0.1) is 18.8 Å². The summed E-state index contributed by atoms with van der Waals surface area (Å²) in [6.45, 7) is 4.17. The minimum Gasteiger partial charge on any atom is -0.394 e. The molecule has 3 unspecified atom stereocenters. The fourth-order valence-corrected chi connectivity index (χ4v) is 7.12. The Labute approximate surface area is 324 Å². The van der Waals surface area contributed by atoms with Crippen molar-refractivity contribution < 1.29 is 20.1 Å². The van der Waals surface area contributed by atoms with Crippen LogP contribution in [0.25, 0.3) is 0 Å². The first kappa shape index (κ1) is 50.8. The number of unbranched alkanes of at least 4 members (excludes halogenated alkanes) is 32. The van der Waals surface area contributed by atoms with Gasteiger partial charge in [-0.25, -0.2) is 0 Å². The maximum Gasteiger partial charge on any atom is 0.249 e. The summed E-state index contributed by atoms with van der Waals surface area (Å²) in [6.07, 6.45) is 52.3. The Morgan fingerprint density at radius 2 is 0.769 bits per heavy atom. The highest BCUT2D eigenvalue weighted by molar-refractivity contribution is 5.80. The molecule has 0 aromatic carbocycles. The topological polar surface area (TPSA) is 89.8 Å². The SMILES string of the molecule is CCCCCCCCCC/C=C/C(O)C(CO)NC(=O)C(O)CCCCCCCCCCCCCC/C=C\CCCCCCCCCCCCCC. The molecule has 0 aliphatic heterocycles. The number of hydrogen-bond donors (Lipinski definition) is 4. The Hall–Kier alpha value is -1.17. The van der Waals surface area contributed by atoms with Crippen molar-refractivity contribution in [1.29, 1.82) is 0 Å². The van der Waals surface area contributed by atoms with Crippen LogP contribution in [0.15, 0.2) is 24.3 Å². The van der Waals surface area contributed by atoms with Crippen LogP contribution in [-0.2, 0) is 4.79 Å². The maximum atomic E-state index is 12.4. The van der Waals surface area contributed by atoms with Crippen molar-refractivity contribution in [3.8, 4) is 0 Å². The molecule has 1 amide bonds. The van der Waals surface area contributed by atoms with Crippen LogP contribution in [0, 0.1) is 0 Å². The lowest BCUT2D eigenvalue weighted by Gasteiger charge is -2.21. The second-order valence-corrected chi connectivity index (χ2v) is 16.0. The molecule has 0 bridgehead atoms. The van der Waals surface area contributed by atoms with Gasteiger partial charge < -0.3 is 20.6 Å². The smallest absolute Gasteiger partial charge is 0.249 e. The summed E-state index contributed by atoms with van der Waals surface area (Å²) in [4.78, 5) is 12.4. The van der Waals surface area contributed by atoms with Crippen molar-refractivity contribution in [1.82, 2.24) is 5.32 Å². The third kappa shape index (κ3) is 37.2. The summed E-state index contributed by atoms with van der Waals surface area (Å²) in [7, 11) is 0. The minimum atomic E-state index is -1.09. The fraction of sp³-hybridized carbons (Fsp3) is 0.894. The Bertz CT molecular complexity index is 768. The van der Waals surface area contributed by atoms with Gasteiger partial charge in [-0.2, -0.15) is 0 Å². The van der Waals surface area contributed by atoms with E-state index in [0.717, 1.165) is 32.1 Å². The van der Waals surface area contributed by atoms with Gasteiger partial charge in [0.15, 0.2) is 0 Å². The highest BCUT2D eigenvalue weighted by Gasteiger charge is 2.22. The van der Waals surface area contributed by atoms with Crippen LogP contribution < -0.4 is 5.32 Å². The zero-order chi connectivity index (χ0) is 38.0. The first-order valence-corrected chi connectivity index (χ1v) is 23.2. The summed E-state index contributed by atoms with van der Waals surface area (Å²) in [5.41, 5.74) is 0. The molecule has 5 heteroatoms. The van der Waals surface area contributed by atoms with Gasteiger partial charge in [-0.1, -0.05) is 224 Å². The van der Waals surface area contributed by atoms with Crippen LogP contribution in [0.5, 0.6) is 0 Å². The molecule has 4 N–H and O–H groups in total. The molecule has 0 heterocycles. The number of aliphatic hydroxyl groups is 3. The van der Waals surface area contributed by atoms with E-state index in [1.807, 2.05) is 6.08 Å². The zero-order valence-corrected chi connectivity index (χ0v) is 35.0. The zero-order valence-electron chi connectivity index (χ0n) is 35.0. The van der Waals surface area contributed by atoms with Gasteiger partial charge in [-0.15, -0.1) is 0 Å². The summed E-state index contributed by atoms with van der Waals surface area (Å²) >= 11 is 0. The number of amides is 1. The quantitative estimate of drug-likeness (QED) is 0.0371. The number of aliphatic hydroxyl groups excluding tert-OH is 3. The summed E-state index contributed by atoms with van der Waals surface area (Å²) < 4.78 is 0. The van der Waals surface area contributed by atoms with E-state index in [0.29, 0.717) is 6.42 Å². The molecule has 0 radical (unpaired) electrons. The van der Waals surface area contributed by atoms with E-state index in [4.69, 9.17) is 0 Å².